The lowest BCUT2D eigenvalue weighted by Gasteiger charge is -2.11. The van der Waals surface area contributed by atoms with Gasteiger partial charge in [-0.25, -0.2) is 8.42 Å². The fourth-order valence-corrected chi connectivity index (χ4v) is 3.68. The molecule has 0 unspecified atom stereocenters. The molecule has 0 bridgehead atoms. The maximum atomic E-state index is 12.7. The van der Waals surface area contributed by atoms with Crippen molar-refractivity contribution >= 4 is 9.84 Å². The van der Waals surface area contributed by atoms with Crippen LogP contribution in [-0.4, -0.2) is 8.42 Å². The maximum absolute atomic E-state index is 12.7. The minimum absolute atomic E-state index is 0.178. The highest BCUT2D eigenvalue weighted by atomic mass is 32.2. The van der Waals surface area contributed by atoms with Gasteiger partial charge in [-0.15, -0.1) is 18.1 Å². The molecule has 116 valence electrons. The molecule has 0 N–H and O–H groups in total. The van der Waals surface area contributed by atoms with E-state index in [0.29, 0.717) is 6.42 Å². The van der Waals surface area contributed by atoms with Gasteiger partial charge < -0.3 is 0 Å². The molecule has 0 saturated heterocycles. The molecule has 0 saturated carbocycles. The van der Waals surface area contributed by atoms with Gasteiger partial charge in [-0.2, -0.15) is 0 Å². The van der Waals surface area contributed by atoms with Crippen molar-refractivity contribution < 1.29 is 8.42 Å². The molecule has 0 atom stereocenters. The van der Waals surface area contributed by atoms with Crippen molar-refractivity contribution in [3.8, 4) is 12.3 Å². The summed E-state index contributed by atoms with van der Waals surface area (Å²) < 4.78 is 25.4. The van der Waals surface area contributed by atoms with Crippen LogP contribution in [0.25, 0.3) is 0 Å². The quantitative estimate of drug-likeness (QED) is 0.596. The third kappa shape index (κ3) is 4.02. The molecule has 0 spiro atoms. The SMILES string of the molecule is C#CCCc1ccccc1CC(=C=C)S(=O)(=O)c1ccccc1. The predicted molar refractivity (Wildman–Crippen MR) is 93.6 cm³/mol. The Morgan fingerprint density at radius 3 is 2.22 bits per heavy atom. The zero-order valence-electron chi connectivity index (χ0n) is 12.8. The van der Waals surface area contributed by atoms with E-state index in [-0.39, 0.29) is 16.2 Å². The van der Waals surface area contributed by atoms with Crippen molar-refractivity contribution in [1.29, 1.82) is 0 Å². The van der Waals surface area contributed by atoms with Crippen molar-refractivity contribution in [1.82, 2.24) is 0 Å². The van der Waals surface area contributed by atoms with Crippen LogP contribution in [0.5, 0.6) is 0 Å². The van der Waals surface area contributed by atoms with Crippen LogP contribution in [-0.2, 0) is 22.7 Å². The first-order valence-electron chi connectivity index (χ1n) is 7.29. The summed E-state index contributed by atoms with van der Waals surface area (Å²) in [5.74, 6) is 2.61. The molecule has 2 aromatic carbocycles. The largest absolute Gasteiger partial charge is 0.218 e. The second kappa shape index (κ2) is 7.65. The molecule has 0 aliphatic rings. The lowest BCUT2D eigenvalue weighted by atomic mass is 10.0. The van der Waals surface area contributed by atoms with Gasteiger partial charge in [-0.05, 0) is 29.7 Å². The van der Waals surface area contributed by atoms with E-state index < -0.39 is 9.84 Å². The summed E-state index contributed by atoms with van der Waals surface area (Å²) in [6.07, 6.45) is 6.94. The molecule has 0 aliphatic carbocycles. The molecule has 0 heterocycles. The number of aryl methyl sites for hydroxylation is 1. The van der Waals surface area contributed by atoms with Crippen LogP contribution in [0.3, 0.4) is 0 Å². The Kier molecular flexibility index (Phi) is 5.60. The van der Waals surface area contributed by atoms with Crippen LogP contribution in [0, 0.1) is 12.3 Å². The van der Waals surface area contributed by atoms with E-state index >= 15 is 0 Å². The van der Waals surface area contributed by atoms with E-state index in [1.54, 1.807) is 30.3 Å². The van der Waals surface area contributed by atoms with E-state index in [2.05, 4.69) is 18.2 Å². The molecule has 2 rings (SSSR count). The third-order valence-electron chi connectivity index (χ3n) is 3.58. The zero-order valence-corrected chi connectivity index (χ0v) is 13.6. The first-order valence-corrected chi connectivity index (χ1v) is 8.77. The average Bonchev–Trinajstić information content (AvgIpc) is 2.59. The number of allylic oxidation sites excluding steroid dienone is 1. The van der Waals surface area contributed by atoms with Gasteiger partial charge in [0.05, 0.1) is 9.80 Å². The molecule has 0 radical (unpaired) electrons. The molecule has 0 aromatic heterocycles. The van der Waals surface area contributed by atoms with Crippen molar-refractivity contribution in [3.05, 3.63) is 82.9 Å². The van der Waals surface area contributed by atoms with Crippen molar-refractivity contribution in [2.24, 2.45) is 0 Å². The third-order valence-corrected chi connectivity index (χ3v) is 5.41. The Morgan fingerprint density at radius 1 is 1.00 bits per heavy atom. The number of terminal acetylenes is 1. The van der Waals surface area contributed by atoms with Crippen LogP contribution in [0.15, 0.2) is 76.7 Å². The second-order valence-electron chi connectivity index (χ2n) is 5.07. The molecule has 23 heavy (non-hydrogen) atoms. The van der Waals surface area contributed by atoms with E-state index in [1.165, 1.54) is 0 Å². The average molecular weight is 322 g/mol. The number of hydrogen-bond donors (Lipinski definition) is 0. The summed E-state index contributed by atoms with van der Waals surface area (Å²) in [5, 5.41) is 0. The first-order chi connectivity index (χ1) is 11.1. The molecular weight excluding hydrogens is 304 g/mol. The van der Waals surface area contributed by atoms with E-state index in [1.807, 2.05) is 24.3 Å². The van der Waals surface area contributed by atoms with Crippen LogP contribution >= 0.6 is 0 Å². The van der Waals surface area contributed by atoms with Crippen LogP contribution in [0.2, 0.25) is 0 Å². The topological polar surface area (TPSA) is 34.1 Å². The Labute approximate surface area is 138 Å². The molecule has 0 fully saturated rings. The summed E-state index contributed by atoms with van der Waals surface area (Å²) in [7, 11) is -3.58. The highest BCUT2D eigenvalue weighted by molar-refractivity contribution is 7.95. The Hall–Kier alpha value is -2.53. The molecule has 2 aromatic rings. The standard InChI is InChI=1S/C20H18O2S/c1-3-5-11-17-12-9-10-13-18(17)16-19(4-2)23(21,22)20-14-7-6-8-15-20/h1,6-10,12-15H,2,5,11,16H2. The molecular formula is C20H18O2S. The fraction of sp³-hybridized carbons (Fsp3) is 0.150. The minimum atomic E-state index is -3.58. The molecule has 0 aliphatic heterocycles. The van der Waals surface area contributed by atoms with Gasteiger partial charge in [-0.1, -0.05) is 49.0 Å². The van der Waals surface area contributed by atoms with Gasteiger partial charge >= 0.3 is 0 Å². The molecule has 2 nitrogen and oxygen atoms in total. The second-order valence-corrected chi connectivity index (χ2v) is 7.04. The fourth-order valence-electron chi connectivity index (χ4n) is 2.35. The van der Waals surface area contributed by atoms with E-state index in [0.717, 1.165) is 17.5 Å². The Morgan fingerprint density at radius 2 is 1.61 bits per heavy atom. The highest BCUT2D eigenvalue weighted by Crippen LogP contribution is 2.23. The number of benzene rings is 2. The summed E-state index contributed by atoms with van der Waals surface area (Å²) in [6.45, 7) is 3.57. The van der Waals surface area contributed by atoms with Crippen LogP contribution in [0.4, 0.5) is 0 Å². The summed E-state index contributed by atoms with van der Waals surface area (Å²) in [5.41, 5.74) is 4.61. The van der Waals surface area contributed by atoms with E-state index in [9.17, 15) is 8.42 Å². The lowest BCUT2D eigenvalue weighted by molar-refractivity contribution is 0.601. The normalized spacial score (nSPS) is 10.6. The van der Waals surface area contributed by atoms with Crippen molar-refractivity contribution in [2.45, 2.75) is 24.2 Å². The summed E-state index contributed by atoms with van der Waals surface area (Å²) >= 11 is 0. The number of rotatable bonds is 6. The smallest absolute Gasteiger partial charge is 0.210 e. The number of sulfone groups is 1. The lowest BCUT2D eigenvalue weighted by Crippen LogP contribution is -2.08. The predicted octanol–water partition coefficient (Wildman–Crippen LogP) is 3.94. The maximum Gasteiger partial charge on any atom is 0.210 e. The van der Waals surface area contributed by atoms with Crippen molar-refractivity contribution in [2.75, 3.05) is 0 Å². The Balaban J connectivity index is 2.35. The van der Waals surface area contributed by atoms with Gasteiger partial charge in [0.15, 0.2) is 0 Å². The summed E-state index contributed by atoms with van der Waals surface area (Å²) in [6, 6.07) is 16.1. The van der Waals surface area contributed by atoms with E-state index in [4.69, 9.17) is 6.42 Å². The van der Waals surface area contributed by atoms with Crippen LogP contribution in [0.1, 0.15) is 17.5 Å². The van der Waals surface area contributed by atoms with Gasteiger partial charge in [0.25, 0.3) is 0 Å². The first kappa shape index (κ1) is 16.8. The minimum Gasteiger partial charge on any atom is -0.218 e. The molecule has 3 heteroatoms. The van der Waals surface area contributed by atoms with Gasteiger partial charge in [0, 0.05) is 12.8 Å². The Bertz CT molecular complexity index is 865. The molecule has 0 amide bonds. The monoisotopic (exact) mass is 322 g/mol. The summed E-state index contributed by atoms with van der Waals surface area (Å²) in [4.78, 5) is 0.434. The van der Waals surface area contributed by atoms with Crippen LogP contribution < -0.4 is 0 Å². The van der Waals surface area contributed by atoms with Gasteiger partial charge in [0.1, 0.15) is 0 Å². The number of hydrogen-bond acceptors (Lipinski definition) is 2. The van der Waals surface area contributed by atoms with Crippen molar-refractivity contribution in [3.63, 3.8) is 0 Å². The highest BCUT2D eigenvalue weighted by Gasteiger charge is 2.21. The van der Waals surface area contributed by atoms with Gasteiger partial charge in [0.2, 0.25) is 9.84 Å². The van der Waals surface area contributed by atoms with Gasteiger partial charge in [-0.3, -0.25) is 0 Å². The zero-order chi connectivity index (χ0) is 16.7.